The van der Waals surface area contributed by atoms with Crippen LogP contribution in [0.1, 0.15) is 24.2 Å². The van der Waals surface area contributed by atoms with Crippen LogP contribution in [0.2, 0.25) is 5.02 Å². The van der Waals surface area contributed by atoms with E-state index >= 15 is 0 Å². The number of halogens is 1. The Kier molecular flexibility index (Phi) is 4.30. The molecule has 0 fully saturated rings. The highest BCUT2D eigenvalue weighted by Crippen LogP contribution is 2.34. The normalized spacial score (nSPS) is 10.6. The zero-order valence-corrected chi connectivity index (χ0v) is 12.0. The summed E-state index contributed by atoms with van der Waals surface area (Å²) in [4.78, 5) is 11.4. The van der Waals surface area contributed by atoms with E-state index in [-0.39, 0.29) is 11.7 Å². The molecule has 20 heavy (non-hydrogen) atoms. The molecule has 0 bridgehead atoms. The first-order valence-electron chi connectivity index (χ1n) is 6.28. The van der Waals surface area contributed by atoms with Crippen LogP contribution in [-0.2, 0) is 0 Å². The molecule has 0 unspecified atom stereocenters. The maximum absolute atomic E-state index is 11.4. The quantitative estimate of drug-likeness (QED) is 0.902. The van der Waals surface area contributed by atoms with Gasteiger partial charge in [-0.3, -0.25) is 0 Å². The molecular formula is C16H15ClO3. The van der Waals surface area contributed by atoms with Gasteiger partial charge >= 0.3 is 5.97 Å². The molecule has 0 radical (unpaired) electrons. The van der Waals surface area contributed by atoms with Crippen molar-refractivity contribution in [2.45, 2.75) is 20.0 Å². The molecule has 0 amide bonds. The van der Waals surface area contributed by atoms with Gasteiger partial charge in [0.2, 0.25) is 0 Å². The van der Waals surface area contributed by atoms with Crippen molar-refractivity contribution >= 4 is 17.6 Å². The van der Waals surface area contributed by atoms with Crippen molar-refractivity contribution in [1.82, 2.24) is 0 Å². The number of rotatable bonds is 4. The SMILES string of the molecule is CC(C)Oc1ccccc1-c1cc(Cl)ccc1C(=O)O. The molecule has 0 aromatic heterocycles. The highest BCUT2D eigenvalue weighted by molar-refractivity contribution is 6.31. The summed E-state index contributed by atoms with van der Waals surface area (Å²) in [5.41, 5.74) is 1.48. The molecule has 2 aromatic rings. The highest BCUT2D eigenvalue weighted by Gasteiger charge is 2.16. The van der Waals surface area contributed by atoms with E-state index < -0.39 is 5.97 Å². The van der Waals surface area contributed by atoms with Gasteiger partial charge in [-0.2, -0.15) is 0 Å². The second kappa shape index (κ2) is 5.97. The maximum atomic E-state index is 11.4. The van der Waals surface area contributed by atoms with Crippen molar-refractivity contribution < 1.29 is 14.6 Å². The summed E-state index contributed by atoms with van der Waals surface area (Å²) in [5.74, 6) is -0.344. The molecule has 0 saturated heterocycles. The predicted molar refractivity (Wildman–Crippen MR) is 79.6 cm³/mol. The van der Waals surface area contributed by atoms with Crippen molar-refractivity contribution in [3.63, 3.8) is 0 Å². The molecule has 104 valence electrons. The molecule has 4 heteroatoms. The van der Waals surface area contributed by atoms with Crippen molar-refractivity contribution in [3.05, 3.63) is 53.1 Å². The Morgan fingerprint density at radius 3 is 2.50 bits per heavy atom. The Hall–Kier alpha value is -2.00. The lowest BCUT2D eigenvalue weighted by molar-refractivity contribution is 0.0698. The van der Waals surface area contributed by atoms with Gasteiger partial charge in [0.05, 0.1) is 11.7 Å². The van der Waals surface area contributed by atoms with Crippen LogP contribution in [0.3, 0.4) is 0 Å². The first-order chi connectivity index (χ1) is 9.49. The second-order valence-electron chi connectivity index (χ2n) is 4.66. The summed E-state index contributed by atoms with van der Waals surface area (Å²) in [6.07, 6.45) is 0.00334. The van der Waals surface area contributed by atoms with E-state index in [2.05, 4.69) is 0 Å². The van der Waals surface area contributed by atoms with E-state index in [9.17, 15) is 9.90 Å². The third-order valence-electron chi connectivity index (χ3n) is 2.75. The number of hydrogen-bond acceptors (Lipinski definition) is 2. The molecular weight excluding hydrogens is 276 g/mol. The lowest BCUT2D eigenvalue weighted by Gasteiger charge is -2.15. The summed E-state index contributed by atoms with van der Waals surface area (Å²) in [7, 11) is 0. The van der Waals surface area contributed by atoms with Gasteiger partial charge in [0.1, 0.15) is 5.75 Å². The lowest BCUT2D eigenvalue weighted by atomic mass is 9.99. The molecule has 0 aliphatic rings. The van der Waals surface area contributed by atoms with Crippen LogP contribution in [0.5, 0.6) is 5.75 Å². The van der Waals surface area contributed by atoms with Gasteiger partial charge in [-0.05, 0) is 38.1 Å². The Bertz CT molecular complexity index is 635. The number of hydrogen-bond donors (Lipinski definition) is 1. The Labute approximate surface area is 122 Å². The summed E-state index contributed by atoms with van der Waals surface area (Å²) < 4.78 is 5.74. The van der Waals surface area contributed by atoms with Crippen molar-refractivity contribution in [2.24, 2.45) is 0 Å². The molecule has 2 rings (SSSR count). The topological polar surface area (TPSA) is 46.5 Å². The van der Waals surface area contributed by atoms with Gasteiger partial charge in [-0.25, -0.2) is 4.79 Å². The molecule has 3 nitrogen and oxygen atoms in total. The average molecular weight is 291 g/mol. The third kappa shape index (κ3) is 3.11. The largest absolute Gasteiger partial charge is 0.490 e. The number of para-hydroxylation sites is 1. The summed E-state index contributed by atoms with van der Waals surface area (Å²) >= 11 is 6.00. The maximum Gasteiger partial charge on any atom is 0.336 e. The van der Waals surface area contributed by atoms with Crippen LogP contribution in [0.4, 0.5) is 0 Å². The smallest absolute Gasteiger partial charge is 0.336 e. The van der Waals surface area contributed by atoms with E-state index in [1.54, 1.807) is 12.1 Å². The lowest BCUT2D eigenvalue weighted by Crippen LogP contribution is -2.07. The highest BCUT2D eigenvalue weighted by atomic mass is 35.5. The Morgan fingerprint density at radius 2 is 1.85 bits per heavy atom. The minimum absolute atomic E-state index is 0.00334. The van der Waals surface area contributed by atoms with Crippen LogP contribution in [0.25, 0.3) is 11.1 Å². The molecule has 0 saturated carbocycles. The zero-order valence-electron chi connectivity index (χ0n) is 11.3. The molecule has 0 heterocycles. The number of aromatic carboxylic acids is 1. The third-order valence-corrected chi connectivity index (χ3v) is 2.99. The number of ether oxygens (including phenoxy) is 1. The van der Waals surface area contributed by atoms with E-state index in [0.717, 1.165) is 5.56 Å². The first kappa shape index (κ1) is 14.4. The van der Waals surface area contributed by atoms with Gasteiger partial charge in [0.15, 0.2) is 0 Å². The van der Waals surface area contributed by atoms with Crippen LogP contribution in [-0.4, -0.2) is 17.2 Å². The van der Waals surface area contributed by atoms with Crippen molar-refractivity contribution in [3.8, 4) is 16.9 Å². The van der Waals surface area contributed by atoms with Crippen LogP contribution >= 0.6 is 11.6 Å². The van der Waals surface area contributed by atoms with Gasteiger partial charge in [-0.15, -0.1) is 0 Å². The number of carbonyl (C=O) groups is 1. The molecule has 2 aromatic carbocycles. The van der Waals surface area contributed by atoms with Crippen molar-refractivity contribution in [2.75, 3.05) is 0 Å². The van der Waals surface area contributed by atoms with E-state index in [4.69, 9.17) is 16.3 Å². The van der Waals surface area contributed by atoms with Gasteiger partial charge in [0, 0.05) is 16.1 Å². The molecule has 0 aliphatic heterocycles. The Balaban J connectivity index is 2.62. The molecule has 0 spiro atoms. The van der Waals surface area contributed by atoms with E-state index in [1.807, 2.05) is 38.1 Å². The number of carboxylic acids is 1. The van der Waals surface area contributed by atoms with Crippen molar-refractivity contribution in [1.29, 1.82) is 0 Å². The number of benzene rings is 2. The van der Waals surface area contributed by atoms with E-state index in [1.165, 1.54) is 6.07 Å². The fourth-order valence-electron chi connectivity index (χ4n) is 1.97. The monoisotopic (exact) mass is 290 g/mol. The molecule has 0 atom stereocenters. The van der Waals surface area contributed by atoms with Crippen LogP contribution in [0.15, 0.2) is 42.5 Å². The van der Waals surface area contributed by atoms with E-state index in [0.29, 0.717) is 16.3 Å². The Morgan fingerprint density at radius 1 is 1.15 bits per heavy atom. The van der Waals surface area contributed by atoms with Gasteiger partial charge < -0.3 is 9.84 Å². The van der Waals surface area contributed by atoms with Crippen LogP contribution < -0.4 is 4.74 Å². The number of carboxylic acid groups (broad SMARTS) is 1. The van der Waals surface area contributed by atoms with Gasteiger partial charge in [-0.1, -0.05) is 29.8 Å². The average Bonchev–Trinajstić information content (AvgIpc) is 2.38. The standard InChI is InChI=1S/C16H15ClO3/c1-10(2)20-15-6-4-3-5-12(15)14-9-11(17)7-8-13(14)16(18)19/h3-10H,1-2H3,(H,18,19). The summed E-state index contributed by atoms with van der Waals surface area (Å²) in [6.45, 7) is 3.85. The molecule has 0 aliphatic carbocycles. The van der Waals surface area contributed by atoms with Gasteiger partial charge in [0.25, 0.3) is 0 Å². The molecule has 1 N–H and O–H groups in total. The minimum atomic E-state index is -0.990. The second-order valence-corrected chi connectivity index (χ2v) is 5.09. The first-order valence-corrected chi connectivity index (χ1v) is 6.65. The van der Waals surface area contributed by atoms with Crippen LogP contribution in [0, 0.1) is 0 Å². The summed E-state index contributed by atoms with van der Waals surface area (Å²) in [5, 5.41) is 9.80. The summed E-state index contributed by atoms with van der Waals surface area (Å²) in [6, 6.07) is 12.1. The minimum Gasteiger partial charge on any atom is -0.490 e. The predicted octanol–water partition coefficient (Wildman–Crippen LogP) is 4.49. The fourth-order valence-corrected chi connectivity index (χ4v) is 2.14. The fraction of sp³-hybridized carbons (Fsp3) is 0.188. The zero-order chi connectivity index (χ0) is 14.7.